The van der Waals surface area contributed by atoms with Gasteiger partial charge < -0.3 is 0 Å². The van der Waals surface area contributed by atoms with Crippen molar-refractivity contribution in [2.45, 2.75) is 35.4 Å². The number of carbonyl (C=O) groups is 2. The molecule has 0 aliphatic carbocycles. The maximum Gasteiger partial charge on any atom is 0.288 e. The van der Waals surface area contributed by atoms with E-state index in [1.807, 2.05) is 19.9 Å². The Kier molecular flexibility index (Phi) is 8.18. The first-order chi connectivity index (χ1) is 15.3. The zero-order chi connectivity index (χ0) is 23.1. The molecule has 0 saturated heterocycles. The molecule has 0 saturated carbocycles. The van der Waals surface area contributed by atoms with Crippen LogP contribution >= 0.6 is 23.5 Å². The third-order valence-electron chi connectivity index (χ3n) is 4.18. The summed E-state index contributed by atoms with van der Waals surface area (Å²) in [4.78, 5) is 33.5. The second-order valence-electron chi connectivity index (χ2n) is 6.70. The number of halogens is 2. The van der Waals surface area contributed by atoms with Gasteiger partial charge in [-0.15, -0.1) is 0 Å². The predicted octanol–water partition coefficient (Wildman–Crippen LogP) is 4.78. The summed E-state index contributed by atoms with van der Waals surface area (Å²) >= 11 is 1.77. The highest BCUT2D eigenvalue weighted by Crippen LogP contribution is 2.28. The van der Waals surface area contributed by atoms with E-state index in [9.17, 15) is 18.4 Å². The van der Waals surface area contributed by atoms with Crippen LogP contribution in [0.4, 0.5) is 8.78 Å². The van der Waals surface area contributed by atoms with Crippen LogP contribution in [0.2, 0.25) is 0 Å². The van der Waals surface area contributed by atoms with E-state index >= 15 is 0 Å². The lowest BCUT2D eigenvalue weighted by Gasteiger charge is -2.11. The van der Waals surface area contributed by atoms with Crippen LogP contribution in [0.1, 0.15) is 37.7 Å². The van der Waals surface area contributed by atoms with Gasteiger partial charge in [-0.25, -0.2) is 9.97 Å². The van der Waals surface area contributed by atoms with Crippen LogP contribution in [0.3, 0.4) is 0 Å². The Morgan fingerprint density at radius 3 is 2.22 bits per heavy atom. The molecule has 6 nitrogen and oxygen atoms in total. The standard InChI is InChI=1S/C22H20F2N4O2S2/c1-13-11-14(2)26-22(25-13)31-12-15-7-9-16(10-8-15)19(29)27-28-20(30)17-5-3-4-6-18(17)32-21(23)24/h3-11,21H,12H2,1-2H3,(H,27,29)(H,28,30). The van der Waals surface area contributed by atoms with E-state index in [0.29, 0.717) is 16.5 Å². The number of aryl methyl sites for hydroxylation is 2. The maximum atomic E-state index is 12.7. The summed E-state index contributed by atoms with van der Waals surface area (Å²) < 4.78 is 25.3. The molecule has 32 heavy (non-hydrogen) atoms. The van der Waals surface area contributed by atoms with Crippen LogP contribution in [0.5, 0.6) is 0 Å². The first-order valence-corrected chi connectivity index (χ1v) is 11.4. The molecule has 2 amide bonds. The normalized spacial score (nSPS) is 10.8. The summed E-state index contributed by atoms with van der Waals surface area (Å²) in [5, 5.41) is 0.692. The average molecular weight is 475 g/mol. The minimum absolute atomic E-state index is 0.0547. The van der Waals surface area contributed by atoms with Crippen molar-refractivity contribution in [2.24, 2.45) is 0 Å². The topological polar surface area (TPSA) is 84.0 Å². The summed E-state index contributed by atoms with van der Waals surface area (Å²) in [5.41, 5.74) is 7.77. The van der Waals surface area contributed by atoms with Gasteiger partial charge in [-0.3, -0.25) is 20.4 Å². The van der Waals surface area contributed by atoms with Gasteiger partial charge >= 0.3 is 0 Å². The molecule has 0 radical (unpaired) electrons. The highest BCUT2D eigenvalue weighted by atomic mass is 32.2. The molecule has 1 aromatic heterocycles. The zero-order valence-electron chi connectivity index (χ0n) is 17.3. The van der Waals surface area contributed by atoms with Gasteiger partial charge in [-0.2, -0.15) is 8.78 Å². The number of nitrogens with zero attached hydrogens (tertiary/aromatic N) is 2. The second-order valence-corrected chi connectivity index (χ2v) is 8.68. The molecule has 2 N–H and O–H groups in total. The van der Waals surface area contributed by atoms with Crippen LogP contribution in [0.25, 0.3) is 0 Å². The van der Waals surface area contributed by atoms with Crippen LogP contribution in [-0.4, -0.2) is 27.5 Å². The smallest absolute Gasteiger partial charge is 0.267 e. The number of hydrogen-bond donors (Lipinski definition) is 2. The van der Waals surface area contributed by atoms with Crippen LogP contribution < -0.4 is 10.9 Å². The number of carbonyl (C=O) groups excluding carboxylic acids is 2. The quantitative estimate of drug-likeness (QED) is 0.291. The Morgan fingerprint density at radius 1 is 0.938 bits per heavy atom. The highest BCUT2D eigenvalue weighted by Gasteiger charge is 2.16. The van der Waals surface area contributed by atoms with Crippen molar-refractivity contribution in [2.75, 3.05) is 0 Å². The highest BCUT2D eigenvalue weighted by molar-refractivity contribution is 7.99. The SMILES string of the molecule is Cc1cc(C)nc(SCc2ccc(C(=O)NNC(=O)c3ccccc3SC(F)F)cc2)n1. The monoisotopic (exact) mass is 474 g/mol. The van der Waals surface area contributed by atoms with Crippen molar-refractivity contribution >= 4 is 35.3 Å². The van der Waals surface area contributed by atoms with Gasteiger partial charge in [0.15, 0.2) is 5.16 Å². The second kappa shape index (κ2) is 11.1. The average Bonchev–Trinajstić information content (AvgIpc) is 2.75. The fourth-order valence-corrected chi connectivity index (χ4v) is 4.31. The number of thioether (sulfide) groups is 2. The lowest BCUT2D eigenvalue weighted by atomic mass is 10.1. The van der Waals surface area contributed by atoms with Crippen molar-refractivity contribution in [3.63, 3.8) is 0 Å². The third-order valence-corrected chi connectivity index (χ3v) is 5.89. The van der Waals surface area contributed by atoms with E-state index in [1.165, 1.54) is 23.9 Å². The molecule has 0 atom stereocenters. The first kappa shape index (κ1) is 23.7. The van der Waals surface area contributed by atoms with E-state index in [4.69, 9.17) is 0 Å². The van der Waals surface area contributed by atoms with Gasteiger partial charge in [-0.1, -0.05) is 47.8 Å². The lowest BCUT2D eigenvalue weighted by Crippen LogP contribution is -2.41. The van der Waals surface area contributed by atoms with E-state index in [2.05, 4.69) is 20.8 Å². The lowest BCUT2D eigenvalue weighted by molar-refractivity contribution is 0.0845. The molecular weight excluding hydrogens is 454 g/mol. The molecule has 166 valence electrons. The van der Waals surface area contributed by atoms with Crippen LogP contribution in [0.15, 0.2) is 64.6 Å². The van der Waals surface area contributed by atoms with E-state index < -0.39 is 17.6 Å². The van der Waals surface area contributed by atoms with Gasteiger partial charge in [0.25, 0.3) is 17.6 Å². The summed E-state index contributed by atoms with van der Waals surface area (Å²) in [7, 11) is 0. The van der Waals surface area contributed by atoms with Crippen LogP contribution in [0, 0.1) is 13.8 Å². The zero-order valence-corrected chi connectivity index (χ0v) is 18.9. The molecule has 3 aromatic rings. The summed E-state index contributed by atoms with van der Waals surface area (Å²) in [5.74, 6) is -3.21. The molecule has 2 aromatic carbocycles. The van der Waals surface area contributed by atoms with E-state index in [-0.39, 0.29) is 22.2 Å². The fourth-order valence-electron chi connectivity index (χ4n) is 2.76. The largest absolute Gasteiger partial charge is 0.288 e. The Morgan fingerprint density at radius 2 is 1.56 bits per heavy atom. The van der Waals surface area contributed by atoms with Gasteiger partial charge in [0, 0.05) is 27.6 Å². The molecule has 0 aliphatic rings. The Balaban J connectivity index is 1.55. The molecule has 0 spiro atoms. The Bertz CT molecular complexity index is 1090. The summed E-state index contributed by atoms with van der Waals surface area (Å²) in [6.45, 7) is 3.84. The number of hydrogen-bond acceptors (Lipinski definition) is 6. The number of nitrogens with one attached hydrogen (secondary N) is 2. The summed E-state index contributed by atoms with van der Waals surface area (Å²) in [6.07, 6.45) is 0. The number of hydrazine groups is 1. The van der Waals surface area contributed by atoms with Crippen LogP contribution in [-0.2, 0) is 5.75 Å². The Hall–Kier alpha value is -2.98. The minimum atomic E-state index is -2.66. The Labute approximate surface area is 192 Å². The molecular formula is C22H20F2N4O2S2. The molecule has 3 rings (SSSR count). The molecule has 1 heterocycles. The van der Waals surface area contributed by atoms with Crippen molar-refractivity contribution in [3.8, 4) is 0 Å². The van der Waals surface area contributed by atoms with Crippen molar-refractivity contribution in [3.05, 3.63) is 82.7 Å². The number of alkyl halides is 2. The van der Waals surface area contributed by atoms with Gasteiger partial charge in [0.05, 0.1) is 5.56 Å². The van der Waals surface area contributed by atoms with Gasteiger partial charge in [-0.05, 0) is 49.7 Å². The number of aromatic nitrogens is 2. The van der Waals surface area contributed by atoms with Gasteiger partial charge in [0.2, 0.25) is 0 Å². The maximum absolute atomic E-state index is 12.7. The van der Waals surface area contributed by atoms with Crippen molar-refractivity contribution < 1.29 is 18.4 Å². The first-order valence-electron chi connectivity index (χ1n) is 9.50. The van der Waals surface area contributed by atoms with Crippen molar-refractivity contribution in [1.29, 1.82) is 0 Å². The number of benzene rings is 2. The molecule has 0 unspecified atom stereocenters. The fraction of sp³-hybridized carbons (Fsp3) is 0.182. The predicted molar refractivity (Wildman–Crippen MR) is 121 cm³/mol. The van der Waals surface area contributed by atoms with Crippen molar-refractivity contribution in [1.82, 2.24) is 20.8 Å². The number of rotatable bonds is 7. The molecule has 10 heteroatoms. The molecule has 0 fully saturated rings. The third kappa shape index (κ3) is 6.76. The minimum Gasteiger partial charge on any atom is -0.267 e. The van der Waals surface area contributed by atoms with E-state index in [0.717, 1.165) is 17.0 Å². The molecule has 0 bridgehead atoms. The number of amides is 2. The molecule has 0 aliphatic heterocycles. The summed E-state index contributed by atoms with van der Waals surface area (Å²) in [6, 6.07) is 14.8. The van der Waals surface area contributed by atoms with Gasteiger partial charge in [0.1, 0.15) is 0 Å². The van der Waals surface area contributed by atoms with E-state index in [1.54, 1.807) is 36.4 Å².